The summed E-state index contributed by atoms with van der Waals surface area (Å²) in [5, 5.41) is 14.6. The van der Waals surface area contributed by atoms with Crippen molar-refractivity contribution in [3.63, 3.8) is 0 Å². The molecule has 8 nitrogen and oxygen atoms in total. The van der Waals surface area contributed by atoms with E-state index < -0.39 is 0 Å². The maximum Gasteiger partial charge on any atom is 0.199 e. The van der Waals surface area contributed by atoms with Crippen LogP contribution in [0.25, 0.3) is 0 Å². The van der Waals surface area contributed by atoms with Crippen molar-refractivity contribution in [1.29, 1.82) is 0 Å². The van der Waals surface area contributed by atoms with E-state index in [-0.39, 0.29) is 17.3 Å². The van der Waals surface area contributed by atoms with Gasteiger partial charge >= 0.3 is 0 Å². The minimum Gasteiger partial charge on any atom is -0.380 e. The van der Waals surface area contributed by atoms with Crippen LogP contribution in [0.4, 0.5) is 11.5 Å². The van der Waals surface area contributed by atoms with E-state index in [9.17, 15) is 0 Å². The molecule has 0 atom stereocenters. The van der Waals surface area contributed by atoms with Crippen LogP contribution in [0.3, 0.4) is 0 Å². The summed E-state index contributed by atoms with van der Waals surface area (Å²) in [4.78, 5) is 2.00. The van der Waals surface area contributed by atoms with Gasteiger partial charge in [0.15, 0.2) is 17.3 Å². The van der Waals surface area contributed by atoms with Crippen LogP contribution in [-0.2, 0) is 0 Å². The quantitative estimate of drug-likeness (QED) is 0.485. The van der Waals surface area contributed by atoms with E-state index in [1.807, 2.05) is 37.2 Å². The molecule has 21 heavy (non-hydrogen) atoms. The first kappa shape index (κ1) is 15.0. The molecule has 0 bridgehead atoms. The standard InChI is InChI=1S/C12H14BrN7O/c1-20(2)9-4-3-7(5-8(9)13)6-16-17-11(14)10-12(15)19-21-18-10/h3-6H,1-2H3,(H2,14,17)(H2,15,19). The molecule has 110 valence electrons. The molecule has 9 heteroatoms. The Bertz CT molecular complexity index is 693. The Morgan fingerprint density at radius 2 is 2.14 bits per heavy atom. The van der Waals surface area contributed by atoms with Crippen LogP contribution in [0.5, 0.6) is 0 Å². The SMILES string of the molecule is CN(C)c1ccc(C=N/N=C(\N)c2nonc2N)cc1Br. The molecule has 1 aromatic carbocycles. The fourth-order valence-corrected chi connectivity index (χ4v) is 2.30. The minimum atomic E-state index is 0.0361. The maximum absolute atomic E-state index is 5.68. The number of hydrogen-bond donors (Lipinski definition) is 2. The van der Waals surface area contributed by atoms with Crippen LogP contribution in [0.15, 0.2) is 37.5 Å². The highest BCUT2D eigenvalue weighted by Gasteiger charge is 2.09. The van der Waals surface area contributed by atoms with E-state index in [0.29, 0.717) is 0 Å². The third-order valence-corrected chi connectivity index (χ3v) is 3.22. The smallest absolute Gasteiger partial charge is 0.199 e. The molecule has 0 amide bonds. The maximum atomic E-state index is 5.68. The summed E-state index contributed by atoms with van der Waals surface area (Å²) in [5.74, 6) is 0.110. The minimum absolute atomic E-state index is 0.0361. The second-order valence-electron chi connectivity index (χ2n) is 4.33. The molecule has 4 N–H and O–H groups in total. The summed E-state index contributed by atoms with van der Waals surface area (Å²) in [5.41, 5.74) is 13.3. The van der Waals surface area contributed by atoms with Crippen molar-refractivity contribution in [1.82, 2.24) is 10.3 Å². The molecule has 0 aliphatic rings. The first-order valence-corrected chi connectivity index (χ1v) is 6.70. The van der Waals surface area contributed by atoms with E-state index in [1.54, 1.807) is 6.21 Å². The van der Waals surface area contributed by atoms with Gasteiger partial charge in [0.1, 0.15) is 0 Å². The van der Waals surface area contributed by atoms with Gasteiger partial charge in [0, 0.05) is 18.6 Å². The zero-order valence-corrected chi connectivity index (χ0v) is 13.1. The van der Waals surface area contributed by atoms with E-state index in [2.05, 4.69) is 41.1 Å². The zero-order valence-electron chi connectivity index (χ0n) is 11.5. The van der Waals surface area contributed by atoms with Crippen LogP contribution >= 0.6 is 15.9 Å². The number of halogens is 1. The number of amidine groups is 1. The number of rotatable bonds is 4. The first-order chi connectivity index (χ1) is 9.99. The summed E-state index contributed by atoms with van der Waals surface area (Å²) < 4.78 is 5.39. The van der Waals surface area contributed by atoms with Crippen molar-refractivity contribution < 1.29 is 4.63 Å². The van der Waals surface area contributed by atoms with Gasteiger partial charge in [0.25, 0.3) is 0 Å². The van der Waals surface area contributed by atoms with Crippen molar-refractivity contribution in [3.8, 4) is 0 Å². The highest BCUT2D eigenvalue weighted by atomic mass is 79.9. The van der Waals surface area contributed by atoms with E-state index in [4.69, 9.17) is 11.5 Å². The molecule has 0 fully saturated rings. The zero-order chi connectivity index (χ0) is 15.4. The number of nitrogen functional groups attached to an aromatic ring is 1. The molecule has 0 aliphatic carbocycles. The lowest BCUT2D eigenvalue weighted by molar-refractivity contribution is 0.308. The Morgan fingerprint density at radius 1 is 1.38 bits per heavy atom. The van der Waals surface area contributed by atoms with Crippen molar-refractivity contribution in [2.75, 3.05) is 24.7 Å². The average molecular weight is 352 g/mol. The topological polar surface area (TPSA) is 119 Å². The average Bonchev–Trinajstić information content (AvgIpc) is 2.84. The summed E-state index contributed by atoms with van der Waals surface area (Å²) in [6.07, 6.45) is 1.57. The second kappa shape index (κ2) is 6.35. The van der Waals surface area contributed by atoms with Gasteiger partial charge in [-0.1, -0.05) is 6.07 Å². The molecule has 0 aliphatic heterocycles. The number of anilines is 2. The van der Waals surface area contributed by atoms with E-state index >= 15 is 0 Å². The van der Waals surface area contributed by atoms with Crippen LogP contribution in [0.1, 0.15) is 11.3 Å². The molecule has 0 spiro atoms. The Hall–Kier alpha value is -2.42. The molecule has 1 heterocycles. The Balaban J connectivity index is 2.15. The largest absolute Gasteiger partial charge is 0.380 e. The van der Waals surface area contributed by atoms with Gasteiger partial charge in [-0.25, -0.2) is 4.63 Å². The van der Waals surface area contributed by atoms with Crippen LogP contribution in [-0.4, -0.2) is 36.5 Å². The Morgan fingerprint density at radius 3 is 2.71 bits per heavy atom. The van der Waals surface area contributed by atoms with Crippen molar-refractivity contribution in [2.24, 2.45) is 15.9 Å². The predicted molar refractivity (Wildman–Crippen MR) is 85.5 cm³/mol. The summed E-state index contributed by atoms with van der Waals surface area (Å²) in [6, 6.07) is 5.82. The van der Waals surface area contributed by atoms with Gasteiger partial charge in [0.2, 0.25) is 0 Å². The molecule has 0 radical (unpaired) electrons. The van der Waals surface area contributed by atoms with E-state index in [1.165, 1.54) is 0 Å². The summed E-state index contributed by atoms with van der Waals surface area (Å²) >= 11 is 3.50. The van der Waals surface area contributed by atoms with Crippen molar-refractivity contribution in [3.05, 3.63) is 33.9 Å². The summed E-state index contributed by atoms with van der Waals surface area (Å²) in [7, 11) is 3.93. The predicted octanol–water partition coefficient (Wildman–Crippen LogP) is 1.22. The molecule has 2 aromatic rings. The third kappa shape index (κ3) is 3.57. The summed E-state index contributed by atoms with van der Waals surface area (Å²) in [6.45, 7) is 0. The van der Waals surface area contributed by atoms with Crippen molar-refractivity contribution in [2.45, 2.75) is 0 Å². The number of nitrogens with zero attached hydrogens (tertiary/aromatic N) is 5. The fourth-order valence-electron chi connectivity index (χ4n) is 1.54. The fraction of sp³-hybridized carbons (Fsp3) is 0.167. The molecule has 0 saturated carbocycles. The van der Waals surface area contributed by atoms with Crippen LogP contribution in [0, 0.1) is 0 Å². The highest BCUT2D eigenvalue weighted by Crippen LogP contribution is 2.25. The molecule has 1 aromatic heterocycles. The molecular formula is C12H14BrN7O. The van der Waals surface area contributed by atoms with Gasteiger partial charge in [0.05, 0.1) is 11.9 Å². The van der Waals surface area contributed by atoms with Crippen LogP contribution in [0.2, 0.25) is 0 Å². The number of aromatic nitrogens is 2. The van der Waals surface area contributed by atoms with Gasteiger partial charge in [-0.05, 0) is 43.9 Å². The van der Waals surface area contributed by atoms with Gasteiger partial charge < -0.3 is 16.4 Å². The first-order valence-electron chi connectivity index (χ1n) is 5.91. The third-order valence-electron chi connectivity index (χ3n) is 2.58. The van der Waals surface area contributed by atoms with E-state index in [0.717, 1.165) is 15.7 Å². The number of benzene rings is 1. The Labute approximate surface area is 129 Å². The number of hydrogen-bond acceptors (Lipinski definition) is 7. The molecule has 0 unspecified atom stereocenters. The number of nitrogens with two attached hydrogens (primary N) is 2. The lowest BCUT2D eigenvalue weighted by atomic mass is 10.2. The van der Waals surface area contributed by atoms with Crippen LogP contribution < -0.4 is 16.4 Å². The molecule has 2 rings (SSSR count). The van der Waals surface area contributed by atoms with Gasteiger partial charge in [-0.3, -0.25) is 0 Å². The lowest BCUT2D eigenvalue weighted by Gasteiger charge is -2.14. The highest BCUT2D eigenvalue weighted by molar-refractivity contribution is 9.10. The normalized spacial score (nSPS) is 12.0. The molecule has 0 saturated heterocycles. The molecular weight excluding hydrogens is 338 g/mol. The lowest BCUT2D eigenvalue weighted by Crippen LogP contribution is -2.15. The van der Waals surface area contributed by atoms with Gasteiger partial charge in [-0.15, -0.1) is 5.10 Å². The second-order valence-corrected chi connectivity index (χ2v) is 5.19. The van der Waals surface area contributed by atoms with Crippen molar-refractivity contribution >= 4 is 39.5 Å². The van der Waals surface area contributed by atoms with Gasteiger partial charge in [-0.2, -0.15) is 5.10 Å². The monoisotopic (exact) mass is 351 g/mol. The Kier molecular flexibility index (Phi) is 4.53.